The van der Waals surface area contributed by atoms with Crippen LogP contribution in [-0.2, 0) is 0 Å². The molecule has 0 saturated heterocycles. The van der Waals surface area contributed by atoms with Crippen LogP contribution in [0.15, 0.2) is 24.3 Å². The van der Waals surface area contributed by atoms with Gasteiger partial charge in [-0.1, -0.05) is 44.0 Å². The number of nitrogens with zero attached hydrogens (tertiary/aromatic N) is 1. The Morgan fingerprint density at radius 1 is 1.13 bits per heavy atom. The number of benzene rings is 1. The van der Waals surface area contributed by atoms with Crippen LogP contribution in [0, 0.1) is 5.41 Å². The molecule has 1 aromatic carbocycles. The van der Waals surface area contributed by atoms with E-state index < -0.39 is 0 Å². The lowest BCUT2D eigenvalue weighted by molar-refractivity contribution is 0.450. The van der Waals surface area contributed by atoms with Crippen LogP contribution in [0.2, 0.25) is 0 Å². The lowest BCUT2D eigenvalue weighted by Crippen LogP contribution is -2.28. The molecule has 1 radical (unpaired) electrons. The molecule has 1 heteroatoms. The molecule has 0 unspecified atom stereocenters. The monoisotopic (exact) mass is 198 g/mol. The Kier molecular flexibility index (Phi) is 1.88. The van der Waals surface area contributed by atoms with E-state index in [1.165, 1.54) is 41.8 Å². The van der Waals surface area contributed by atoms with Crippen LogP contribution in [0.4, 0.5) is 0 Å². The van der Waals surface area contributed by atoms with Crippen LogP contribution in [0.25, 0.3) is 11.9 Å². The number of hydrogen-bond donors (Lipinski definition) is 0. The van der Waals surface area contributed by atoms with E-state index in [9.17, 15) is 0 Å². The number of rotatable bonds is 1. The van der Waals surface area contributed by atoms with Crippen LogP contribution in [0.1, 0.15) is 32.6 Å². The molecule has 0 spiro atoms. The molecule has 1 nitrogen and oxygen atoms in total. The van der Waals surface area contributed by atoms with Gasteiger partial charge >= 0.3 is 0 Å². The number of fused-ring (bicyclic) bond motifs is 1. The highest BCUT2D eigenvalue weighted by molar-refractivity contribution is 5.60. The van der Waals surface area contributed by atoms with Gasteiger partial charge in [-0.2, -0.15) is 0 Å². The van der Waals surface area contributed by atoms with Crippen LogP contribution in [0.5, 0.6) is 0 Å². The fourth-order valence-electron chi connectivity index (χ4n) is 2.90. The smallest absolute Gasteiger partial charge is 0.0541 e. The summed E-state index contributed by atoms with van der Waals surface area (Å²) >= 11 is 0. The van der Waals surface area contributed by atoms with Crippen molar-refractivity contribution in [2.24, 2.45) is 5.41 Å². The summed E-state index contributed by atoms with van der Waals surface area (Å²) in [6.45, 7) is 2.37. The Balaban J connectivity index is 2.20. The van der Waals surface area contributed by atoms with Gasteiger partial charge < -0.3 is 0 Å². The van der Waals surface area contributed by atoms with Gasteiger partial charge in [0.1, 0.15) is 0 Å². The highest BCUT2D eigenvalue weighted by Gasteiger charge is 2.34. The molecule has 0 atom stereocenters. The summed E-state index contributed by atoms with van der Waals surface area (Å²) in [6, 6.07) is 8.57. The summed E-state index contributed by atoms with van der Waals surface area (Å²) in [5, 5.41) is 7.30. The van der Waals surface area contributed by atoms with E-state index in [4.69, 9.17) is 0 Å². The van der Waals surface area contributed by atoms with E-state index in [-0.39, 0.29) is 0 Å². The van der Waals surface area contributed by atoms with Crippen LogP contribution in [-0.4, -0.2) is 0 Å². The second-order valence-corrected chi connectivity index (χ2v) is 4.96. The average Bonchev–Trinajstić information content (AvgIpc) is 2.84. The molecule has 1 fully saturated rings. The van der Waals surface area contributed by atoms with Gasteiger partial charge in [-0.3, -0.25) is 5.32 Å². The highest BCUT2D eigenvalue weighted by atomic mass is 14.9. The second kappa shape index (κ2) is 3.13. The Hall–Kier alpha value is -1.24. The van der Waals surface area contributed by atoms with E-state index in [1.54, 1.807) is 0 Å². The first-order valence-electron chi connectivity index (χ1n) is 5.80. The first-order valence-corrected chi connectivity index (χ1v) is 5.80. The van der Waals surface area contributed by atoms with E-state index in [2.05, 4.69) is 36.5 Å². The predicted molar refractivity (Wildman–Crippen MR) is 62.3 cm³/mol. The zero-order valence-corrected chi connectivity index (χ0v) is 9.16. The molecule has 77 valence electrons. The highest BCUT2D eigenvalue weighted by Crippen LogP contribution is 2.43. The molecule has 1 aromatic rings. The molecular weight excluding hydrogens is 182 g/mol. The molecule has 0 aromatic heterocycles. The molecule has 0 bridgehead atoms. The summed E-state index contributed by atoms with van der Waals surface area (Å²) in [4.78, 5) is 0. The maximum atomic E-state index is 4.65. The van der Waals surface area contributed by atoms with Crippen molar-refractivity contribution in [2.75, 3.05) is 0 Å². The van der Waals surface area contributed by atoms with Crippen LogP contribution in [0.3, 0.4) is 0 Å². The van der Waals surface area contributed by atoms with Gasteiger partial charge in [-0.05, 0) is 12.8 Å². The minimum absolute atomic E-state index is 0.336. The summed E-state index contributed by atoms with van der Waals surface area (Å²) in [5.41, 5.74) is 1.67. The topological polar surface area (TPSA) is 14.1 Å². The lowest BCUT2D eigenvalue weighted by atomic mass is 9.84. The summed E-state index contributed by atoms with van der Waals surface area (Å²) in [6.07, 6.45) is 7.34. The third-order valence-corrected chi connectivity index (χ3v) is 3.83. The Morgan fingerprint density at radius 3 is 2.67 bits per heavy atom. The van der Waals surface area contributed by atoms with E-state index in [0.29, 0.717) is 5.41 Å². The van der Waals surface area contributed by atoms with E-state index in [0.717, 1.165) is 0 Å². The summed E-state index contributed by atoms with van der Waals surface area (Å²) in [5.74, 6) is 0. The van der Waals surface area contributed by atoms with Crippen molar-refractivity contribution < 1.29 is 0 Å². The Bertz CT molecular complexity index is 492. The lowest BCUT2D eigenvalue weighted by Gasteiger charge is -2.24. The SMILES string of the molecule is CC1(C2=c3ccccc3=C[N]2)CCCC1. The normalized spacial score (nSPS) is 22.1. The maximum absolute atomic E-state index is 4.65. The molecule has 1 aliphatic carbocycles. The molecule has 0 N–H and O–H groups in total. The Morgan fingerprint density at radius 2 is 1.87 bits per heavy atom. The van der Waals surface area contributed by atoms with Crippen molar-refractivity contribution in [1.29, 1.82) is 0 Å². The molecule has 2 aliphatic rings. The largest absolute Gasteiger partial charge is 0.259 e. The quantitative estimate of drug-likeness (QED) is 0.652. The van der Waals surface area contributed by atoms with Crippen molar-refractivity contribution in [3.05, 3.63) is 34.7 Å². The molecule has 3 rings (SSSR count). The first-order chi connectivity index (χ1) is 7.30. The Labute approximate surface area is 90.5 Å². The van der Waals surface area contributed by atoms with Crippen molar-refractivity contribution in [2.45, 2.75) is 32.6 Å². The van der Waals surface area contributed by atoms with Crippen LogP contribution >= 0.6 is 0 Å². The van der Waals surface area contributed by atoms with Crippen molar-refractivity contribution >= 4 is 11.9 Å². The molecule has 1 heterocycles. The van der Waals surface area contributed by atoms with E-state index >= 15 is 0 Å². The molecule has 1 aliphatic heterocycles. The van der Waals surface area contributed by atoms with Gasteiger partial charge in [-0.25, -0.2) is 0 Å². The molecule has 0 amide bonds. The van der Waals surface area contributed by atoms with Crippen LogP contribution < -0.4 is 15.8 Å². The predicted octanol–water partition coefficient (Wildman–Crippen LogP) is 1.73. The van der Waals surface area contributed by atoms with Crippen molar-refractivity contribution in [1.82, 2.24) is 5.32 Å². The number of hydrogen-bond acceptors (Lipinski definition) is 0. The minimum Gasteiger partial charge on any atom is -0.259 e. The minimum atomic E-state index is 0.336. The molecule has 1 saturated carbocycles. The van der Waals surface area contributed by atoms with Gasteiger partial charge in [-0.15, -0.1) is 0 Å². The zero-order chi connectivity index (χ0) is 10.3. The fraction of sp³-hybridized carbons (Fsp3) is 0.429. The van der Waals surface area contributed by atoms with Crippen molar-refractivity contribution in [3.63, 3.8) is 0 Å². The van der Waals surface area contributed by atoms with E-state index in [1.807, 2.05) is 6.20 Å². The second-order valence-electron chi connectivity index (χ2n) is 4.96. The summed E-state index contributed by atoms with van der Waals surface area (Å²) in [7, 11) is 0. The van der Waals surface area contributed by atoms with Crippen molar-refractivity contribution in [3.8, 4) is 0 Å². The summed E-state index contributed by atoms with van der Waals surface area (Å²) < 4.78 is 0. The fourth-order valence-corrected chi connectivity index (χ4v) is 2.90. The van der Waals surface area contributed by atoms with Gasteiger partial charge in [0.05, 0.1) is 5.70 Å². The maximum Gasteiger partial charge on any atom is 0.0541 e. The zero-order valence-electron chi connectivity index (χ0n) is 9.16. The van der Waals surface area contributed by atoms with Gasteiger partial charge in [0.25, 0.3) is 0 Å². The third-order valence-electron chi connectivity index (χ3n) is 3.83. The van der Waals surface area contributed by atoms with Gasteiger partial charge in [0.2, 0.25) is 0 Å². The molecular formula is C14H16N. The van der Waals surface area contributed by atoms with Gasteiger partial charge in [0.15, 0.2) is 0 Å². The van der Waals surface area contributed by atoms with Gasteiger partial charge in [0, 0.05) is 22.1 Å². The molecule has 15 heavy (non-hydrogen) atoms. The first kappa shape index (κ1) is 9.02. The average molecular weight is 198 g/mol. The third kappa shape index (κ3) is 1.30. The standard InChI is InChI=1S/C14H16N/c1-14(8-4-5-9-14)13-12-7-3-2-6-11(12)10-15-13/h2-3,6-7,10H,4-5,8-9H2,1H3.